The van der Waals surface area contributed by atoms with Crippen LogP contribution in [-0.4, -0.2) is 6.54 Å². The maximum absolute atomic E-state index is 9.73. The third kappa shape index (κ3) is 5.73. The van der Waals surface area contributed by atoms with Crippen molar-refractivity contribution < 1.29 is 0 Å². The van der Waals surface area contributed by atoms with Gasteiger partial charge < -0.3 is 0 Å². The average Bonchev–Trinajstić information content (AvgIpc) is 1.97. The zero-order chi connectivity index (χ0) is 7.82. The normalized spacial score (nSPS) is 13.0. The summed E-state index contributed by atoms with van der Waals surface area (Å²) in [7, 11) is 0. The van der Waals surface area contributed by atoms with Crippen molar-refractivity contribution in [3.8, 4) is 0 Å². The maximum Gasteiger partial charge on any atom is 0.0813 e. The molecule has 0 bridgehead atoms. The zero-order valence-corrected chi connectivity index (χ0v) is 6.97. The summed E-state index contributed by atoms with van der Waals surface area (Å²) in [6.07, 6.45) is 4.73. The molecule has 2 heteroatoms. The highest BCUT2D eigenvalue weighted by molar-refractivity contribution is 4.54. The van der Waals surface area contributed by atoms with E-state index in [2.05, 4.69) is 19.0 Å². The largest absolute Gasteiger partial charge is 0.151 e. The van der Waals surface area contributed by atoms with E-state index in [1.54, 1.807) is 0 Å². The van der Waals surface area contributed by atoms with E-state index in [1.807, 2.05) is 0 Å². The lowest BCUT2D eigenvalue weighted by Gasteiger charge is -2.06. The molecule has 0 aliphatic rings. The Kier molecular flexibility index (Phi) is 6.45. The summed E-state index contributed by atoms with van der Waals surface area (Å²) in [6.45, 7) is 4.86. The first-order valence-electron chi connectivity index (χ1n) is 4.10. The van der Waals surface area contributed by atoms with Crippen LogP contribution in [-0.2, 0) is 0 Å². The molecule has 0 aliphatic carbocycles. The van der Waals surface area contributed by atoms with Crippen molar-refractivity contribution in [2.75, 3.05) is 6.54 Å². The summed E-state index contributed by atoms with van der Waals surface area (Å²) in [4.78, 5) is 9.73. The van der Waals surface area contributed by atoms with E-state index in [-0.39, 0.29) is 0 Å². The van der Waals surface area contributed by atoms with Gasteiger partial charge in [-0.2, -0.15) is 4.91 Å². The second-order valence-corrected chi connectivity index (χ2v) is 2.89. The molecule has 0 aromatic heterocycles. The molecule has 0 saturated carbocycles. The van der Waals surface area contributed by atoms with Gasteiger partial charge in [0.15, 0.2) is 0 Å². The first-order valence-corrected chi connectivity index (χ1v) is 4.10. The Morgan fingerprint density at radius 3 is 2.60 bits per heavy atom. The monoisotopic (exact) mass is 143 g/mol. The fourth-order valence-corrected chi connectivity index (χ4v) is 0.970. The number of hydrogen-bond acceptors (Lipinski definition) is 2. The van der Waals surface area contributed by atoms with Crippen LogP contribution in [0.2, 0.25) is 0 Å². The number of nitrogens with zero attached hydrogens (tertiary/aromatic N) is 1. The Bertz CT molecular complexity index is 83.3. The van der Waals surface area contributed by atoms with E-state index in [9.17, 15) is 4.91 Å². The Hall–Kier alpha value is -0.400. The number of unbranched alkanes of at least 4 members (excludes halogenated alkanes) is 1. The standard InChI is InChI=1S/C8H17NO/c1-3-4-5-8(2)6-7-9-10/h8H,3-7H2,1-2H3. The van der Waals surface area contributed by atoms with Gasteiger partial charge in [0.25, 0.3) is 0 Å². The third-order valence-corrected chi connectivity index (χ3v) is 1.76. The van der Waals surface area contributed by atoms with Crippen molar-refractivity contribution in [1.82, 2.24) is 0 Å². The van der Waals surface area contributed by atoms with Crippen LogP contribution >= 0.6 is 0 Å². The maximum atomic E-state index is 9.73. The van der Waals surface area contributed by atoms with Crippen LogP contribution in [0.4, 0.5) is 0 Å². The molecule has 10 heavy (non-hydrogen) atoms. The highest BCUT2D eigenvalue weighted by atomic mass is 16.3. The number of rotatable bonds is 6. The van der Waals surface area contributed by atoms with Gasteiger partial charge in [0.05, 0.1) is 6.54 Å². The fraction of sp³-hybridized carbons (Fsp3) is 1.00. The van der Waals surface area contributed by atoms with Crippen LogP contribution in [0.5, 0.6) is 0 Å². The Morgan fingerprint density at radius 1 is 1.40 bits per heavy atom. The lowest BCUT2D eigenvalue weighted by Crippen LogP contribution is -1.96. The van der Waals surface area contributed by atoms with Crippen molar-refractivity contribution in [2.45, 2.75) is 39.5 Å². The summed E-state index contributed by atoms with van der Waals surface area (Å²) < 4.78 is 0. The molecule has 0 rings (SSSR count). The minimum absolute atomic E-state index is 0.491. The number of hydrogen-bond donors (Lipinski definition) is 0. The third-order valence-electron chi connectivity index (χ3n) is 1.76. The summed E-state index contributed by atoms with van der Waals surface area (Å²) in [5.74, 6) is 0.678. The highest BCUT2D eigenvalue weighted by Gasteiger charge is 1.99. The summed E-state index contributed by atoms with van der Waals surface area (Å²) in [5, 5.41) is 2.83. The van der Waals surface area contributed by atoms with Crippen LogP contribution in [0.3, 0.4) is 0 Å². The zero-order valence-electron chi connectivity index (χ0n) is 6.97. The van der Waals surface area contributed by atoms with Crippen LogP contribution in [0, 0.1) is 10.8 Å². The molecule has 0 N–H and O–H groups in total. The van der Waals surface area contributed by atoms with Crippen molar-refractivity contribution in [2.24, 2.45) is 11.1 Å². The smallest absolute Gasteiger partial charge is 0.0813 e. The summed E-state index contributed by atoms with van der Waals surface area (Å²) in [5.41, 5.74) is 0. The van der Waals surface area contributed by atoms with Crippen molar-refractivity contribution in [3.63, 3.8) is 0 Å². The summed E-state index contributed by atoms with van der Waals surface area (Å²) in [6, 6.07) is 0. The van der Waals surface area contributed by atoms with E-state index in [0.717, 1.165) is 6.42 Å². The molecular weight excluding hydrogens is 126 g/mol. The van der Waals surface area contributed by atoms with Gasteiger partial charge >= 0.3 is 0 Å². The van der Waals surface area contributed by atoms with E-state index in [0.29, 0.717) is 12.5 Å². The van der Waals surface area contributed by atoms with Crippen molar-refractivity contribution >= 4 is 0 Å². The molecule has 1 atom stereocenters. The molecule has 60 valence electrons. The van der Waals surface area contributed by atoms with E-state index in [4.69, 9.17) is 0 Å². The minimum Gasteiger partial charge on any atom is -0.151 e. The molecule has 0 fully saturated rings. The Balaban J connectivity index is 3.07. The minimum atomic E-state index is 0.491. The Labute approximate surface area is 63.0 Å². The average molecular weight is 143 g/mol. The second kappa shape index (κ2) is 6.72. The van der Waals surface area contributed by atoms with E-state index < -0.39 is 0 Å². The fourth-order valence-electron chi connectivity index (χ4n) is 0.970. The molecule has 0 spiro atoms. The van der Waals surface area contributed by atoms with Gasteiger partial charge in [0.1, 0.15) is 0 Å². The molecule has 1 unspecified atom stereocenters. The number of nitroso groups, excluding NO2 is 1. The first-order chi connectivity index (χ1) is 4.81. The lowest BCUT2D eigenvalue weighted by molar-refractivity contribution is 0.478. The van der Waals surface area contributed by atoms with Gasteiger partial charge in [-0.15, -0.1) is 0 Å². The molecule has 2 nitrogen and oxygen atoms in total. The predicted octanol–water partition coefficient (Wildman–Crippen LogP) is 2.97. The van der Waals surface area contributed by atoms with Crippen molar-refractivity contribution in [1.29, 1.82) is 0 Å². The molecule has 0 amide bonds. The van der Waals surface area contributed by atoms with Crippen LogP contribution in [0.1, 0.15) is 39.5 Å². The van der Waals surface area contributed by atoms with Gasteiger partial charge in [0.2, 0.25) is 0 Å². The first kappa shape index (κ1) is 9.60. The van der Waals surface area contributed by atoms with Gasteiger partial charge in [-0.1, -0.05) is 38.3 Å². The molecule has 0 heterocycles. The topological polar surface area (TPSA) is 29.4 Å². The van der Waals surface area contributed by atoms with Gasteiger partial charge in [-0.3, -0.25) is 0 Å². The molecule has 0 saturated heterocycles. The van der Waals surface area contributed by atoms with Crippen LogP contribution in [0.15, 0.2) is 5.18 Å². The van der Waals surface area contributed by atoms with Crippen molar-refractivity contribution in [3.05, 3.63) is 4.91 Å². The SMILES string of the molecule is CCCCC(C)CCN=O. The summed E-state index contributed by atoms with van der Waals surface area (Å²) >= 11 is 0. The Morgan fingerprint density at radius 2 is 2.10 bits per heavy atom. The van der Waals surface area contributed by atoms with Gasteiger partial charge in [-0.05, 0) is 12.3 Å². The molecule has 0 aliphatic heterocycles. The highest BCUT2D eigenvalue weighted by Crippen LogP contribution is 2.10. The molecule has 0 radical (unpaired) electrons. The lowest BCUT2D eigenvalue weighted by atomic mass is 10.0. The van der Waals surface area contributed by atoms with Gasteiger partial charge in [0, 0.05) is 0 Å². The van der Waals surface area contributed by atoms with Gasteiger partial charge in [-0.25, -0.2) is 0 Å². The van der Waals surface area contributed by atoms with E-state index in [1.165, 1.54) is 19.3 Å². The molecular formula is C8H17NO. The van der Waals surface area contributed by atoms with Crippen LogP contribution < -0.4 is 0 Å². The quantitative estimate of drug-likeness (QED) is 0.525. The van der Waals surface area contributed by atoms with E-state index >= 15 is 0 Å². The molecule has 0 aromatic carbocycles. The second-order valence-electron chi connectivity index (χ2n) is 2.89. The predicted molar refractivity (Wildman–Crippen MR) is 44.0 cm³/mol. The molecule has 0 aromatic rings. The van der Waals surface area contributed by atoms with Crippen LogP contribution in [0.25, 0.3) is 0 Å².